The van der Waals surface area contributed by atoms with Crippen molar-refractivity contribution in [2.24, 2.45) is 11.3 Å². The summed E-state index contributed by atoms with van der Waals surface area (Å²) in [6.07, 6.45) is 1.06. The quantitative estimate of drug-likeness (QED) is 0.825. The minimum absolute atomic E-state index is 0.165. The maximum atomic E-state index is 6.08. The molecule has 0 bridgehead atoms. The lowest BCUT2D eigenvalue weighted by molar-refractivity contribution is 0.214. The van der Waals surface area contributed by atoms with Crippen LogP contribution >= 0.6 is 11.6 Å². The summed E-state index contributed by atoms with van der Waals surface area (Å²) < 4.78 is 0. The van der Waals surface area contributed by atoms with E-state index in [0.717, 1.165) is 18.0 Å². The van der Waals surface area contributed by atoms with E-state index in [4.69, 9.17) is 11.6 Å². The zero-order chi connectivity index (χ0) is 14.7. The molecule has 1 N–H and O–H groups in total. The SMILES string of the molecule is CC(C)(C)NC[C@@H](Cc1cccc(Cl)c1)C(C)(C)C. The molecule has 0 radical (unpaired) electrons. The van der Waals surface area contributed by atoms with Gasteiger partial charge in [-0.05, 0) is 62.8 Å². The zero-order valence-electron chi connectivity index (χ0n) is 13.2. The van der Waals surface area contributed by atoms with Crippen LogP contribution in [-0.4, -0.2) is 12.1 Å². The van der Waals surface area contributed by atoms with Gasteiger partial charge in [0.15, 0.2) is 0 Å². The first kappa shape index (κ1) is 16.5. The van der Waals surface area contributed by atoms with Crippen molar-refractivity contribution in [2.75, 3.05) is 6.54 Å². The highest BCUT2D eigenvalue weighted by molar-refractivity contribution is 6.30. The van der Waals surface area contributed by atoms with Crippen molar-refractivity contribution in [2.45, 2.75) is 53.5 Å². The van der Waals surface area contributed by atoms with E-state index in [9.17, 15) is 0 Å². The zero-order valence-corrected chi connectivity index (χ0v) is 13.9. The van der Waals surface area contributed by atoms with Crippen LogP contribution in [-0.2, 0) is 6.42 Å². The second kappa shape index (κ2) is 6.28. The topological polar surface area (TPSA) is 12.0 Å². The third-order valence-electron chi connectivity index (χ3n) is 3.47. The fraction of sp³-hybridized carbons (Fsp3) is 0.647. The second-order valence-electron chi connectivity index (χ2n) is 7.53. The van der Waals surface area contributed by atoms with E-state index < -0.39 is 0 Å². The minimum atomic E-state index is 0.165. The molecular formula is C17H28ClN. The molecule has 0 aliphatic rings. The lowest BCUT2D eigenvalue weighted by Crippen LogP contribution is -2.42. The summed E-state index contributed by atoms with van der Waals surface area (Å²) in [6.45, 7) is 14.6. The molecule has 0 aliphatic carbocycles. The van der Waals surface area contributed by atoms with Gasteiger partial charge in [0.05, 0.1) is 0 Å². The molecule has 1 nitrogen and oxygen atoms in total. The predicted octanol–water partition coefficient (Wildman–Crippen LogP) is 4.93. The van der Waals surface area contributed by atoms with E-state index in [0.29, 0.717) is 5.92 Å². The van der Waals surface area contributed by atoms with Gasteiger partial charge in [0.1, 0.15) is 0 Å². The lowest BCUT2D eigenvalue weighted by atomic mass is 9.77. The van der Waals surface area contributed by atoms with Crippen molar-refractivity contribution in [3.8, 4) is 0 Å². The minimum Gasteiger partial charge on any atom is -0.312 e. The summed E-state index contributed by atoms with van der Waals surface area (Å²) in [6, 6.07) is 8.22. The Morgan fingerprint density at radius 2 is 1.74 bits per heavy atom. The molecule has 0 unspecified atom stereocenters. The normalized spacial score (nSPS) is 14.5. The number of halogens is 1. The van der Waals surface area contributed by atoms with Crippen molar-refractivity contribution >= 4 is 11.6 Å². The fourth-order valence-corrected chi connectivity index (χ4v) is 2.28. The monoisotopic (exact) mass is 281 g/mol. The molecule has 0 spiro atoms. The predicted molar refractivity (Wildman–Crippen MR) is 85.9 cm³/mol. The summed E-state index contributed by atoms with van der Waals surface area (Å²) in [5.41, 5.74) is 1.77. The van der Waals surface area contributed by atoms with Crippen LogP contribution in [0.4, 0.5) is 0 Å². The molecule has 19 heavy (non-hydrogen) atoms. The first-order valence-electron chi connectivity index (χ1n) is 7.07. The van der Waals surface area contributed by atoms with Crippen LogP contribution in [0.5, 0.6) is 0 Å². The smallest absolute Gasteiger partial charge is 0.0408 e. The average molecular weight is 282 g/mol. The van der Waals surface area contributed by atoms with Gasteiger partial charge in [-0.2, -0.15) is 0 Å². The van der Waals surface area contributed by atoms with Crippen LogP contribution in [0.3, 0.4) is 0 Å². The summed E-state index contributed by atoms with van der Waals surface area (Å²) >= 11 is 6.08. The third-order valence-corrected chi connectivity index (χ3v) is 3.71. The largest absolute Gasteiger partial charge is 0.312 e. The maximum absolute atomic E-state index is 6.08. The Hall–Kier alpha value is -0.530. The molecule has 108 valence electrons. The van der Waals surface area contributed by atoms with Gasteiger partial charge in [0.2, 0.25) is 0 Å². The summed E-state index contributed by atoms with van der Waals surface area (Å²) in [7, 11) is 0. The molecule has 0 saturated heterocycles. The van der Waals surface area contributed by atoms with Gasteiger partial charge in [0, 0.05) is 10.6 Å². The Kier molecular flexibility index (Phi) is 5.46. The van der Waals surface area contributed by atoms with E-state index in [1.807, 2.05) is 12.1 Å². The van der Waals surface area contributed by atoms with Gasteiger partial charge in [-0.1, -0.05) is 44.5 Å². The second-order valence-corrected chi connectivity index (χ2v) is 7.96. The summed E-state index contributed by atoms with van der Waals surface area (Å²) in [5.74, 6) is 0.588. The van der Waals surface area contributed by atoms with Crippen molar-refractivity contribution in [3.05, 3.63) is 34.9 Å². The maximum Gasteiger partial charge on any atom is 0.0408 e. The van der Waals surface area contributed by atoms with Gasteiger partial charge >= 0.3 is 0 Å². The summed E-state index contributed by atoms with van der Waals surface area (Å²) in [4.78, 5) is 0. The molecule has 1 rings (SSSR count). The number of hydrogen-bond donors (Lipinski definition) is 1. The van der Waals surface area contributed by atoms with Crippen molar-refractivity contribution in [3.63, 3.8) is 0 Å². The molecule has 1 atom stereocenters. The van der Waals surface area contributed by atoms with Gasteiger partial charge < -0.3 is 5.32 Å². The van der Waals surface area contributed by atoms with E-state index in [2.05, 4.69) is 59.0 Å². The van der Waals surface area contributed by atoms with Crippen LogP contribution < -0.4 is 5.32 Å². The summed E-state index contributed by atoms with van der Waals surface area (Å²) in [5, 5.41) is 4.46. The van der Waals surface area contributed by atoms with Crippen LogP contribution in [0.1, 0.15) is 47.1 Å². The Bertz CT molecular complexity index is 398. The van der Waals surface area contributed by atoms with E-state index >= 15 is 0 Å². The Labute approximate surface area is 123 Å². The Morgan fingerprint density at radius 3 is 2.21 bits per heavy atom. The molecule has 0 fully saturated rings. The highest BCUT2D eigenvalue weighted by atomic mass is 35.5. The van der Waals surface area contributed by atoms with Gasteiger partial charge in [-0.15, -0.1) is 0 Å². The van der Waals surface area contributed by atoms with Crippen LogP contribution in [0, 0.1) is 11.3 Å². The van der Waals surface area contributed by atoms with E-state index in [1.54, 1.807) is 0 Å². The van der Waals surface area contributed by atoms with Crippen LogP contribution in [0.15, 0.2) is 24.3 Å². The lowest BCUT2D eigenvalue weighted by Gasteiger charge is -2.34. The molecule has 2 heteroatoms. The Morgan fingerprint density at radius 1 is 1.11 bits per heavy atom. The molecule has 1 aromatic carbocycles. The molecule has 0 amide bonds. The first-order valence-corrected chi connectivity index (χ1v) is 7.45. The molecule has 1 aromatic rings. The number of rotatable bonds is 4. The first-order chi connectivity index (χ1) is 8.58. The Balaban J connectivity index is 2.76. The highest BCUT2D eigenvalue weighted by Gasteiger charge is 2.26. The van der Waals surface area contributed by atoms with Gasteiger partial charge in [-0.25, -0.2) is 0 Å². The van der Waals surface area contributed by atoms with Crippen molar-refractivity contribution < 1.29 is 0 Å². The molecule has 0 saturated carbocycles. The number of benzene rings is 1. The van der Waals surface area contributed by atoms with E-state index in [1.165, 1.54) is 5.56 Å². The molecular weight excluding hydrogens is 254 g/mol. The fourth-order valence-electron chi connectivity index (χ4n) is 2.06. The molecule has 0 aliphatic heterocycles. The number of hydrogen-bond acceptors (Lipinski definition) is 1. The molecule has 0 aromatic heterocycles. The van der Waals surface area contributed by atoms with E-state index in [-0.39, 0.29) is 11.0 Å². The average Bonchev–Trinajstić information content (AvgIpc) is 2.21. The third kappa shape index (κ3) is 6.44. The standard InChI is InChI=1S/C17H28ClN/c1-16(2,3)14(12-19-17(4,5)6)10-13-8-7-9-15(18)11-13/h7-9,11,14,19H,10,12H2,1-6H3/t14-/m1/s1. The van der Waals surface area contributed by atoms with Crippen molar-refractivity contribution in [1.29, 1.82) is 0 Å². The van der Waals surface area contributed by atoms with Crippen molar-refractivity contribution in [1.82, 2.24) is 5.32 Å². The molecule has 0 heterocycles. The highest BCUT2D eigenvalue weighted by Crippen LogP contribution is 2.29. The number of nitrogens with one attached hydrogen (secondary N) is 1. The van der Waals surface area contributed by atoms with Crippen LogP contribution in [0.25, 0.3) is 0 Å². The van der Waals surface area contributed by atoms with Crippen LogP contribution in [0.2, 0.25) is 5.02 Å². The van der Waals surface area contributed by atoms with Gasteiger partial charge in [0.25, 0.3) is 0 Å². The van der Waals surface area contributed by atoms with Gasteiger partial charge in [-0.3, -0.25) is 0 Å².